The maximum absolute atomic E-state index is 11.9. The smallest absolute Gasteiger partial charge is 0.351 e. The third-order valence-electron chi connectivity index (χ3n) is 5.22. The molecule has 0 spiro atoms. The van der Waals surface area contributed by atoms with Crippen LogP contribution in [0, 0.1) is 6.92 Å². The first-order valence-corrected chi connectivity index (χ1v) is 9.19. The van der Waals surface area contributed by atoms with E-state index in [1.807, 2.05) is 18.2 Å². The molecule has 5 rings (SSSR count). The number of carbonyl (C=O) groups is 1. The van der Waals surface area contributed by atoms with Gasteiger partial charge in [0.15, 0.2) is 6.10 Å². The fraction of sp³-hybridized carbons (Fsp3) is 0.0833. The second-order valence-corrected chi connectivity index (χ2v) is 7.07. The molecule has 1 atom stereocenters. The minimum Gasteiger partial charge on any atom is -0.481 e. The number of hydrogen-bond acceptors (Lipinski definition) is 4. The number of carboxylic acids is 1. The van der Waals surface area contributed by atoms with E-state index in [9.17, 15) is 9.59 Å². The summed E-state index contributed by atoms with van der Waals surface area (Å²) in [6.45, 7) is 2.06. The minimum absolute atomic E-state index is 0.150. The van der Waals surface area contributed by atoms with Gasteiger partial charge in [0, 0.05) is 22.6 Å². The molecular weight excluding hydrogens is 368 g/mol. The summed E-state index contributed by atoms with van der Waals surface area (Å²) in [5.41, 5.74) is 4.83. The first-order chi connectivity index (χ1) is 14.0. The van der Waals surface area contributed by atoms with Gasteiger partial charge in [0.25, 0.3) is 0 Å². The van der Waals surface area contributed by atoms with Crippen molar-refractivity contribution in [3.05, 3.63) is 99.4 Å². The quantitative estimate of drug-likeness (QED) is 0.504. The maximum atomic E-state index is 11.9. The fourth-order valence-electron chi connectivity index (χ4n) is 3.73. The van der Waals surface area contributed by atoms with Gasteiger partial charge in [-0.25, -0.2) is 9.59 Å². The molecule has 0 fully saturated rings. The largest absolute Gasteiger partial charge is 0.481 e. The summed E-state index contributed by atoms with van der Waals surface area (Å²) in [6.07, 6.45) is -0.150. The van der Waals surface area contributed by atoms with Crippen LogP contribution in [-0.2, 0) is 0 Å². The molecule has 5 heteroatoms. The molecule has 0 amide bonds. The Balaban J connectivity index is 1.49. The third kappa shape index (κ3) is 2.88. The molecule has 1 heterocycles. The lowest BCUT2D eigenvalue weighted by Gasteiger charge is -2.07. The lowest BCUT2D eigenvalue weighted by Crippen LogP contribution is -2.12. The van der Waals surface area contributed by atoms with Crippen LogP contribution in [0.3, 0.4) is 0 Å². The zero-order valence-corrected chi connectivity index (χ0v) is 15.5. The van der Waals surface area contributed by atoms with Gasteiger partial charge in [-0.15, -0.1) is 0 Å². The first kappa shape index (κ1) is 17.3. The molecule has 1 aromatic heterocycles. The topological polar surface area (TPSA) is 76.7 Å². The molecule has 0 saturated carbocycles. The first-order valence-electron chi connectivity index (χ1n) is 9.19. The molecule has 5 nitrogen and oxygen atoms in total. The van der Waals surface area contributed by atoms with Gasteiger partial charge in [-0.05, 0) is 41.8 Å². The predicted octanol–water partition coefficient (Wildman–Crippen LogP) is 4.95. The van der Waals surface area contributed by atoms with Crippen LogP contribution in [0.5, 0.6) is 5.75 Å². The predicted molar refractivity (Wildman–Crippen MR) is 109 cm³/mol. The van der Waals surface area contributed by atoms with Crippen molar-refractivity contribution in [3.63, 3.8) is 0 Å². The summed E-state index contributed by atoms with van der Waals surface area (Å²) in [7, 11) is 0. The molecule has 1 unspecified atom stereocenters. The number of rotatable bonds is 4. The van der Waals surface area contributed by atoms with Crippen molar-refractivity contribution in [3.8, 4) is 16.9 Å². The molecule has 0 saturated heterocycles. The molecule has 1 aliphatic rings. The average Bonchev–Trinajstić information content (AvgIpc) is 3.43. The van der Waals surface area contributed by atoms with Crippen molar-refractivity contribution in [1.29, 1.82) is 0 Å². The molecule has 4 aromatic rings. The fourth-order valence-corrected chi connectivity index (χ4v) is 3.73. The molecule has 1 N–H and O–H groups in total. The van der Waals surface area contributed by atoms with E-state index in [1.165, 1.54) is 22.8 Å². The van der Waals surface area contributed by atoms with Crippen LogP contribution in [0.25, 0.3) is 22.1 Å². The highest BCUT2D eigenvalue weighted by atomic mass is 16.5. The summed E-state index contributed by atoms with van der Waals surface area (Å²) in [5, 5.41) is 9.60. The SMILES string of the molecule is Cc1ccc(-c2ccccc2)c2c1C2Oc1ccc2cc(C(=O)O)c(=O)oc2c1. The van der Waals surface area contributed by atoms with E-state index >= 15 is 0 Å². The number of aryl methyl sites for hydroxylation is 1. The Kier molecular flexibility index (Phi) is 3.77. The Morgan fingerprint density at radius 3 is 2.55 bits per heavy atom. The lowest BCUT2D eigenvalue weighted by molar-refractivity contribution is 0.0692. The standard InChI is InChI=1S/C24H16O5/c1-13-7-10-17(14-5-3-2-4-6-14)21-20(13)22(21)28-16-9-8-15-11-18(23(25)26)24(27)29-19(15)12-16/h2-12,22H,1H3,(H,25,26). The van der Waals surface area contributed by atoms with Crippen LogP contribution in [0.4, 0.5) is 0 Å². The summed E-state index contributed by atoms with van der Waals surface area (Å²) in [4.78, 5) is 23.0. The zero-order valence-electron chi connectivity index (χ0n) is 15.5. The van der Waals surface area contributed by atoms with Crippen molar-refractivity contribution >= 4 is 16.9 Å². The lowest BCUT2D eigenvalue weighted by atomic mass is 10.0. The summed E-state index contributed by atoms with van der Waals surface area (Å²) in [5.74, 6) is -0.748. The monoisotopic (exact) mass is 384 g/mol. The Morgan fingerprint density at radius 1 is 1.00 bits per heavy atom. The van der Waals surface area contributed by atoms with Crippen molar-refractivity contribution < 1.29 is 19.1 Å². The molecule has 0 aliphatic heterocycles. The number of fused-ring (bicyclic) bond motifs is 2. The van der Waals surface area contributed by atoms with Crippen molar-refractivity contribution in [2.45, 2.75) is 13.0 Å². The van der Waals surface area contributed by atoms with E-state index < -0.39 is 11.6 Å². The van der Waals surface area contributed by atoms with Crippen LogP contribution < -0.4 is 10.4 Å². The normalized spacial score (nSPS) is 14.4. The molecule has 1 aliphatic carbocycles. The van der Waals surface area contributed by atoms with Gasteiger partial charge in [-0.3, -0.25) is 0 Å². The number of ether oxygens (including phenoxy) is 1. The number of aromatic carboxylic acids is 1. The van der Waals surface area contributed by atoms with E-state index in [4.69, 9.17) is 14.3 Å². The summed E-state index contributed by atoms with van der Waals surface area (Å²) in [6, 6.07) is 20.8. The van der Waals surface area contributed by atoms with Crippen molar-refractivity contribution in [2.75, 3.05) is 0 Å². The van der Waals surface area contributed by atoms with Gasteiger partial charge in [-0.1, -0.05) is 42.5 Å². The second-order valence-electron chi connectivity index (χ2n) is 7.07. The molecule has 3 aromatic carbocycles. The van der Waals surface area contributed by atoms with E-state index in [1.54, 1.807) is 18.2 Å². The van der Waals surface area contributed by atoms with Crippen molar-refractivity contribution in [1.82, 2.24) is 0 Å². The van der Waals surface area contributed by atoms with Gasteiger partial charge < -0.3 is 14.3 Å². The number of benzene rings is 3. The van der Waals surface area contributed by atoms with E-state index in [-0.39, 0.29) is 11.7 Å². The van der Waals surface area contributed by atoms with Crippen LogP contribution in [0.1, 0.15) is 33.2 Å². The molecule has 142 valence electrons. The summed E-state index contributed by atoms with van der Waals surface area (Å²) < 4.78 is 11.4. The van der Waals surface area contributed by atoms with Gasteiger partial charge >= 0.3 is 11.6 Å². The second kappa shape index (κ2) is 6.34. The molecule has 0 radical (unpaired) electrons. The van der Waals surface area contributed by atoms with Gasteiger partial charge in [0.2, 0.25) is 0 Å². The van der Waals surface area contributed by atoms with Crippen LogP contribution >= 0.6 is 0 Å². The third-order valence-corrected chi connectivity index (χ3v) is 5.22. The van der Waals surface area contributed by atoms with E-state index in [2.05, 4.69) is 31.2 Å². The zero-order chi connectivity index (χ0) is 20.1. The highest BCUT2D eigenvalue weighted by Crippen LogP contribution is 2.51. The van der Waals surface area contributed by atoms with Crippen LogP contribution in [0.2, 0.25) is 0 Å². The van der Waals surface area contributed by atoms with Gasteiger partial charge in [-0.2, -0.15) is 0 Å². The molecular formula is C24H16O5. The Morgan fingerprint density at radius 2 is 1.79 bits per heavy atom. The minimum atomic E-state index is -1.31. The molecule has 29 heavy (non-hydrogen) atoms. The Hall–Kier alpha value is -3.86. The Bertz CT molecular complexity index is 1330. The van der Waals surface area contributed by atoms with E-state index in [0.29, 0.717) is 16.7 Å². The molecule has 0 bridgehead atoms. The van der Waals surface area contributed by atoms with Gasteiger partial charge in [0.05, 0.1) is 0 Å². The van der Waals surface area contributed by atoms with Crippen molar-refractivity contribution in [2.24, 2.45) is 0 Å². The number of carboxylic acid groups (broad SMARTS) is 1. The number of hydrogen-bond donors (Lipinski definition) is 1. The highest BCUT2D eigenvalue weighted by Gasteiger charge is 2.39. The van der Waals surface area contributed by atoms with E-state index in [0.717, 1.165) is 11.1 Å². The van der Waals surface area contributed by atoms with Crippen LogP contribution in [-0.4, -0.2) is 11.1 Å². The highest BCUT2D eigenvalue weighted by molar-refractivity contribution is 5.91. The maximum Gasteiger partial charge on any atom is 0.351 e. The Labute approximate surface area is 165 Å². The average molecular weight is 384 g/mol. The summed E-state index contributed by atoms with van der Waals surface area (Å²) >= 11 is 0. The van der Waals surface area contributed by atoms with Crippen LogP contribution in [0.15, 0.2) is 75.9 Å². The van der Waals surface area contributed by atoms with Gasteiger partial charge in [0.1, 0.15) is 16.9 Å².